The third-order valence-corrected chi connectivity index (χ3v) is 3.49. The van der Waals surface area contributed by atoms with Gasteiger partial charge in [-0.25, -0.2) is 0 Å². The average Bonchev–Trinajstić information content (AvgIpc) is 2.61. The highest BCUT2D eigenvalue weighted by molar-refractivity contribution is 5.94. The number of carbonyl (C=O) groups excluding carboxylic acids is 3. The molecule has 0 fully saturated rings. The fourth-order valence-corrected chi connectivity index (χ4v) is 2.13. The van der Waals surface area contributed by atoms with E-state index in [1.165, 1.54) is 6.92 Å². The van der Waals surface area contributed by atoms with E-state index < -0.39 is 0 Å². The average molecular weight is 340 g/mol. The molecule has 2 aromatic rings. The summed E-state index contributed by atoms with van der Waals surface area (Å²) in [6.45, 7) is 1.31. The normalized spacial score (nSPS) is 10.0. The Hall–Kier alpha value is -3.15. The second-order valence-corrected chi connectivity index (χ2v) is 5.47. The van der Waals surface area contributed by atoms with Crippen LogP contribution in [0.25, 0.3) is 0 Å². The summed E-state index contributed by atoms with van der Waals surface area (Å²) in [5, 5.41) is 5.27. The molecule has 0 aliphatic heterocycles. The molecule has 130 valence electrons. The highest BCUT2D eigenvalue weighted by Gasteiger charge is 2.06. The molecular weight excluding hydrogens is 320 g/mol. The fourth-order valence-electron chi connectivity index (χ4n) is 2.13. The minimum atomic E-state index is -0.313. The Balaban J connectivity index is 1.87. The number of benzene rings is 2. The van der Waals surface area contributed by atoms with Crippen molar-refractivity contribution < 1.29 is 19.1 Å². The summed E-state index contributed by atoms with van der Waals surface area (Å²) in [6.07, 6.45) is 0.292. The van der Waals surface area contributed by atoms with Gasteiger partial charge in [0.2, 0.25) is 5.91 Å². The van der Waals surface area contributed by atoms with E-state index in [4.69, 9.17) is 4.74 Å². The lowest BCUT2D eigenvalue weighted by atomic mass is 10.1. The summed E-state index contributed by atoms with van der Waals surface area (Å²) in [7, 11) is 1.59. The van der Waals surface area contributed by atoms with Crippen molar-refractivity contribution in [2.75, 3.05) is 19.0 Å². The molecule has 0 aromatic heterocycles. The van der Waals surface area contributed by atoms with Crippen LogP contribution in [0.1, 0.15) is 22.8 Å². The van der Waals surface area contributed by atoms with Crippen LogP contribution < -0.4 is 15.4 Å². The number of anilines is 1. The van der Waals surface area contributed by atoms with E-state index in [9.17, 15) is 14.4 Å². The van der Waals surface area contributed by atoms with Crippen LogP contribution in [-0.2, 0) is 16.0 Å². The predicted octanol–water partition coefficient (Wildman–Crippen LogP) is 2.20. The van der Waals surface area contributed by atoms with E-state index in [0.717, 1.165) is 5.56 Å². The number of amides is 2. The van der Waals surface area contributed by atoms with Crippen molar-refractivity contribution in [3.05, 3.63) is 59.7 Å². The molecule has 25 heavy (non-hydrogen) atoms. The molecule has 0 heterocycles. The van der Waals surface area contributed by atoms with Gasteiger partial charge in [-0.05, 0) is 36.8 Å². The zero-order valence-corrected chi connectivity index (χ0v) is 14.2. The van der Waals surface area contributed by atoms with E-state index in [1.54, 1.807) is 55.6 Å². The van der Waals surface area contributed by atoms with Gasteiger partial charge in [0.1, 0.15) is 5.75 Å². The highest BCUT2D eigenvalue weighted by Crippen LogP contribution is 2.14. The zero-order valence-electron chi connectivity index (χ0n) is 14.2. The Morgan fingerprint density at radius 2 is 1.72 bits per heavy atom. The van der Waals surface area contributed by atoms with Crippen LogP contribution in [0, 0.1) is 0 Å². The molecule has 6 nitrogen and oxygen atoms in total. The van der Waals surface area contributed by atoms with Crippen molar-refractivity contribution in [1.29, 1.82) is 0 Å². The number of hydrogen-bond acceptors (Lipinski definition) is 4. The number of ether oxygens (including phenoxy) is 1. The first-order valence-corrected chi connectivity index (χ1v) is 7.81. The maximum Gasteiger partial charge on any atom is 0.262 e. The third-order valence-electron chi connectivity index (χ3n) is 3.49. The summed E-state index contributed by atoms with van der Waals surface area (Å²) in [5.74, 6) is 0.0146. The Bertz CT molecular complexity index is 769. The molecule has 0 spiro atoms. The molecule has 0 unspecified atom stereocenters. The molecule has 0 atom stereocenters. The monoisotopic (exact) mass is 340 g/mol. The smallest absolute Gasteiger partial charge is 0.262 e. The van der Waals surface area contributed by atoms with Crippen LogP contribution in [0.2, 0.25) is 0 Å². The Kier molecular flexibility index (Phi) is 6.28. The highest BCUT2D eigenvalue weighted by atomic mass is 16.5. The molecule has 2 rings (SSSR count). The van der Waals surface area contributed by atoms with E-state index in [0.29, 0.717) is 23.4 Å². The van der Waals surface area contributed by atoms with Crippen LogP contribution in [-0.4, -0.2) is 31.3 Å². The largest absolute Gasteiger partial charge is 0.484 e. The zero-order chi connectivity index (χ0) is 18.2. The van der Waals surface area contributed by atoms with E-state index in [2.05, 4.69) is 10.6 Å². The third kappa shape index (κ3) is 5.76. The molecule has 2 aromatic carbocycles. The second kappa shape index (κ2) is 8.63. The summed E-state index contributed by atoms with van der Waals surface area (Å²) >= 11 is 0. The van der Waals surface area contributed by atoms with Crippen molar-refractivity contribution in [1.82, 2.24) is 5.32 Å². The van der Waals surface area contributed by atoms with Crippen LogP contribution in [0.15, 0.2) is 48.5 Å². The standard InChI is InChI=1S/C19H20N2O4/c1-13(22)15-4-3-5-17(11-15)25-12-19(24)21-16-8-6-14(7-9-16)10-18(23)20-2/h3-9,11H,10,12H2,1-2H3,(H,20,23)(H,21,24). The van der Waals surface area contributed by atoms with Crippen molar-refractivity contribution in [2.45, 2.75) is 13.3 Å². The fraction of sp³-hybridized carbons (Fsp3) is 0.211. The van der Waals surface area contributed by atoms with Gasteiger partial charge in [-0.15, -0.1) is 0 Å². The summed E-state index contributed by atoms with van der Waals surface area (Å²) < 4.78 is 5.40. The van der Waals surface area contributed by atoms with Gasteiger partial charge in [0.25, 0.3) is 5.91 Å². The van der Waals surface area contributed by atoms with Gasteiger partial charge in [0.05, 0.1) is 6.42 Å². The molecule has 0 aliphatic rings. The first kappa shape index (κ1) is 18.2. The van der Waals surface area contributed by atoms with Gasteiger partial charge in [0.15, 0.2) is 12.4 Å². The molecule has 2 N–H and O–H groups in total. The van der Waals surface area contributed by atoms with E-state index in [-0.39, 0.29) is 24.2 Å². The van der Waals surface area contributed by atoms with Crippen molar-refractivity contribution in [3.8, 4) is 5.75 Å². The first-order chi connectivity index (χ1) is 12.0. The van der Waals surface area contributed by atoms with Gasteiger partial charge >= 0.3 is 0 Å². The first-order valence-electron chi connectivity index (χ1n) is 7.81. The number of nitrogens with one attached hydrogen (secondary N) is 2. The lowest BCUT2D eigenvalue weighted by Crippen LogP contribution is -2.21. The topological polar surface area (TPSA) is 84.5 Å². The number of hydrogen-bond donors (Lipinski definition) is 2. The molecule has 0 bridgehead atoms. The van der Waals surface area contributed by atoms with Crippen molar-refractivity contribution in [2.24, 2.45) is 0 Å². The van der Waals surface area contributed by atoms with E-state index >= 15 is 0 Å². The lowest BCUT2D eigenvalue weighted by Gasteiger charge is -2.09. The summed E-state index contributed by atoms with van der Waals surface area (Å²) in [6, 6.07) is 13.7. The van der Waals surface area contributed by atoms with Gasteiger partial charge in [0, 0.05) is 18.3 Å². The van der Waals surface area contributed by atoms with Crippen LogP contribution in [0.4, 0.5) is 5.69 Å². The van der Waals surface area contributed by atoms with Gasteiger partial charge in [-0.2, -0.15) is 0 Å². The van der Waals surface area contributed by atoms with Crippen LogP contribution in [0.3, 0.4) is 0 Å². The molecule has 0 saturated heterocycles. The van der Waals surface area contributed by atoms with Crippen LogP contribution >= 0.6 is 0 Å². The van der Waals surface area contributed by atoms with Crippen molar-refractivity contribution >= 4 is 23.3 Å². The molecule has 0 aliphatic carbocycles. The van der Waals surface area contributed by atoms with Crippen LogP contribution in [0.5, 0.6) is 5.75 Å². The maximum absolute atomic E-state index is 11.9. The number of Topliss-reactive ketones (excluding diaryl/α,β-unsaturated/α-hetero) is 1. The molecule has 6 heteroatoms. The molecule has 0 radical (unpaired) electrons. The minimum Gasteiger partial charge on any atom is -0.484 e. The molecular formula is C19H20N2O4. The number of carbonyl (C=O) groups is 3. The Morgan fingerprint density at radius 1 is 1.00 bits per heavy atom. The Morgan fingerprint density at radius 3 is 2.36 bits per heavy atom. The number of ketones is 1. The maximum atomic E-state index is 11.9. The van der Waals surface area contributed by atoms with Crippen molar-refractivity contribution in [3.63, 3.8) is 0 Å². The lowest BCUT2D eigenvalue weighted by molar-refractivity contribution is -0.120. The van der Waals surface area contributed by atoms with E-state index in [1.807, 2.05) is 0 Å². The molecule has 2 amide bonds. The minimum absolute atomic E-state index is 0.0632. The molecule has 0 saturated carbocycles. The van der Waals surface area contributed by atoms with Gasteiger partial charge in [-0.1, -0.05) is 24.3 Å². The summed E-state index contributed by atoms with van der Waals surface area (Å²) in [4.78, 5) is 34.6. The SMILES string of the molecule is CNC(=O)Cc1ccc(NC(=O)COc2cccc(C(C)=O)c2)cc1. The Labute approximate surface area is 146 Å². The predicted molar refractivity (Wildman–Crippen MR) is 94.8 cm³/mol. The summed E-state index contributed by atoms with van der Waals surface area (Å²) in [5.41, 5.74) is 2.01. The van der Waals surface area contributed by atoms with Gasteiger partial charge < -0.3 is 15.4 Å². The second-order valence-electron chi connectivity index (χ2n) is 5.47. The number of rotatable bonds is 7. The van der Waals surface area contributed by atoms with Gasteiger partial charge in [-0.3, -0.25) is 14.4 Å². The quantitative estimate of drug-likeness (QED) is 0.757. The number of likely N-dealkylation sites (N-methyl/N-ethyl adjacent to an activating group) is 1.